The summed E-state index contributed by atoms with van der Waals surface area (Å²) in [7, 11) is 0. The fourth-order valence-corrected chi connectivity index (χ4v) is 4.05. The van der Waals surface area contributed by atoms with Crippen molar-refractivity contribution >= 4 is 11.5 Å². The molecule has 0 bridgehead atoms. The van der Waals surface area contributed by atoms with Crippen molar-refractivity contribution in [3.63, 3.8) is 0 Å². The number of ether oxygens (including phenoxy) is 1. The highest BCUT2D eigenvalue weighted by Gasteiger charge is 2.44. The summed E-state index contributed by atoms with van der Waals surface area (Å²) in [5.74, 6) is 0.669. The Labute approximate surface area is 119 Å². The molecule has 19 heavy (non-hydrogen) atoms. The average Bonchev–Trinajstić information content (AvgIpc) is 2.92. The van der Waals surface area contributed by atoms with Gasteiger partial charge in [-0.3, -0.25) is 0 Å². The summed E-state index contributed by atoms with van der Waals surface area (Å²) < 4.78 is 10.1. The Balaban J connectivity index is 1.71. The number of nitrogens with zero attached hydrogens (tertiary/aromatic N) is 2. The van der Waals surface area contributed by atoms with Crippen LogP contribution < -0.4 is 5.32 Å². The zero-order valence-electron chi connectivity index (χ0n) is 11.6. The molecule has 1 saturated heterocycles. The largest absolute Gasteiger partial charge is 0.375 e. The molecule has 2 unspecified atom stereocenters. The molecular formula is C14H23N3OS. The van der Waals surface area contributed by atoms with Crippen LogP contribution in [0.2, 0.25) is 0 Å². The summed E-state index contributed by atoms with van der Waals surface area (Å²) >= 11 is 1.54. The molecule has 1 aromatic heterocycles. The van der Waals surface area contributed by atoms with Gasteiger partial charge in [0.05, 0.1) is 16.7 Å². The monoisotopic (exact) mass is 281 g/mol. The van der Waals surface area contributed by atoms with Gasteiger partial charge in [0.2, 0.25) is 0 Å². The smallest absolute Gasteiger partial charge is 0.0686 e. The summed E-state index contributed by atoms with van der Waals surface area (Å²) in [6, 6.07) is 0.418. The van der Waals surface area contributed by atoms with Gasteiger partial charge in [-0.05, 0) is 62.5 Å². The Hall–Kier alpha value is -0.520. The maximum atomic E-state index is 6.05. The molecule has 1 N–H and O–H groups in total. The fourth-order valence-electron chi connectivity index (χ4n) is 3.38. The normalized spacial score (nSPS) is 27.1. The zero-order valence-corrected chi connectivity index (χ0v) is 12.4. The fraction of sp³-hybridized carbons (Fsp3) is 0.857. The van der Waals surface area contributed by atoms with E-state index in [9.17, 15) is 0 Å². The van der Waals surface area contributed by atoms with Crippen LogP contribution in [0.25, 0.3) is 0 Å². The van der Waals surface area contributed by atoms with Crippen LogP contribution in [-0.4, -0.2) is 28.3 Å². The van der Waals surface area contributed by atoms with E-state index in [2.05, 4.69) is 21.8 Å². The van der Waals surface area contributed by atoms with E-state index in [0.717, 1.165) is 26.0 Å². The molecule has 106 valence electrons. The molecule has 0 amide bonds. The lowest BCUT2D eigenvalue weighted by Gasteiger charge is -2.48. The number of hydrogen-bond donors (Lipinski definition) is 1. The molecular weight excluding hydrogens is 258 g/mol. The van der Waals surface area contributed by atoms with E-state index in [1.807, 2.05) is 6.20 Å². The standard InChI is InChI=1S/C14H23N3OS/c1-2-7-15-13(12-10-16-17-19-12)11-4-8-18-14(9-11)5-3-6-14/h10-11,13,15H,2-9H2,1H3. The van der Waals surface area contributed by atoms with E-state index in [4.69, 9.17) is 4.74 Å². The Morgan fingerprint density at radius 2 is 2.47 bits per heavy atom. The van der Waals surface area contributed by atoms with Crippen LogP contribution >= 0.6 is 11.5 Å². The van der Waals surface area contributed by atoms with Crippen molar-refractivity contribution < 1.29 is 4.74 Å². The first kappa shape index (κ1) is 13.5. The summed E-state index contributed by atoms with van der Waals surface area (Å²) in [6.07, 6.45) is 9.29. The summed E-state index contributed by atoms with van der Waals surface area (Å²) in [4.78, 5) is 1.29. The van der Waals surface area contributed by atoms with Crippen LogP contribution in [0.4, 0.5) is 0 Å². The second-order valence-corrected chi connectivity index (χ2v) is 6.71. The third kappa shape index (κ3) is 2.83. The summed E-state index contributed by atoms with van der Waals surface area (Å²) in [5.41, 5.74) is 0.215. The molecule has 0 radical (unpaired) electrons. The molecule has 2 fully saturated rings. The minimum Gasteiger partial charge on any atom is -0.375 e. The molecule has 1 aliphatic carbocycles. The van der Waals surface area contributed by atoms with Crippen LogP contribution in [0.5, 0.6) is 0 Å². The van der Waals surface area contributed by atoms with Crippen molar-refractivity contribution in [2.75, 3.05) is 13.2 Å². The molecule has 1 aliphatic heterocycles. The van der Waals surface area contributed by atoms with Crippen molar-refractivity contribution in [1.82, 2.24) is 14.9 Å². The predicted octanol–water partition coefficient (Wildman–Crippen LogP) is 2.93. The second kappa shape index (κ2) is 5.85. The summed E-state index contributed by atoms with van der Waals surface area (Å²) in [5, 5.41) is 7.72. The van der Waals surface area contributed by atoms with Crippen molar-refractivity contribution in [3.8, 4) is 0 Å². The third-order valence-corrected chi connectivity index (χ3v) is 5.31. The molecule has 2 atom stereocenters. The molecule has 1 saturated carbocycles. The number of nitrogens with one attached hydrogen (secondary N) is 1. The Morgan fingerprint density at radius 3 is 3.11 bits per heavy atom. The molecule has 2 heterocycles. The van der Waals surface area contributed by atoms with E-state index in [1.165, 1.54) is 42.1 Å². The van der Waals surface area contributed by atoms with Gasteiger partial charge in [0.1, 0.15) is 0 Å². The van der Waals surface area contributed by atoms with Crippen LogP contribution in [0, 0.1) is 5.92 Å². The van der Waals surface area contributed by atoms with Gasteiger partial charge in [0.15, 0.2) is 0 Å². The SMILES string of the molecule is CCCNC(c1cnns1)C1CCOC2(CCC2)C1. The highest BCUT2D eigenvalue weighted by molar-refractivity contribution is 7.05. The first-order valence-electron chi connectivity index (χ1n) is 7.47. The molecule has 5 heteroatoms. The van der Waals surface area contributed by atoms with Crippen molar-refractivity contribution in [3.05, 3.63) is 11.1 Å². The molecule has 1 spiro atoms. The van der Waals surface area contributed by atoms with Gasteiger partial charge in [-0.15, -0.1) is 5.10 Å². The van der Waals surface area contributed by atoms with Crippen LogP contribution in [0.1, 0.15) is 56.4 Å². The molecule has 3 rings (SSSR count). The molecule has 2 aliphatic rings. The van der Waals surface area contributed by atoms with Gasteiger partial charge < -0.3 is 10.1 Å². The van der Waals surface area contributed by atoms with Crippen molar-refractivity contribution in [2.45, 2.75) is 57.1 Å². The zero-order chi connectivity index (χ0) is 13.1. The van der Waals surface area contributed by atoms with Gasteiger partial charge in [-0.2, -0.15) is 0 Å². The predicted molar refractivity (Wildman–Crippen MR) is 76.2 cm³/mol. The van der Waals surface area contributed by atoms with Gasteiger partial charge in [0, 0.05) is 12.6 Å². The first-order valence-corrected chi connectivity index (χ1v) is 8.25. The molecule has 1 aromatic rings. The van der Waals surface area contributed by atoms with Gasteiger partial charge >= 0.3 is 0 Å². The Bertz CT molecular complexity index is 391. The molecule has 0 aromatic carbocycles. The Kier molecular flexibility index (Phi) is 4.15. The number of aromatic nitrogens is 2. The van der Waals surface area contributed by atoms with Crippen LogP contribution in [-0.2, 0) is 4.74 Å². The van der Waals surface area contributed by atoms with E-state index in [-0.39, 0.29) is 5.60 Å². The van der Waals surface area contributed by atoms with E-state index in [1.54, 1.807) is 0 Å². The maximum absolute atomic E-state index is 6.05. The third-order valence-electron chi connectivity index (χ3n) is 4.57. The van der Waals surface area contributed by atoms with E-state index in [0.29, 0.717) is 12.0 Å². The first-order chi connectivity index (χ1) is 9.33. The van der Waals surface area contributed by atoms with E-state index >= 15 is 0 Å². The minimum absolute atomic E-state index is 0.215. The Morgan fingerprint density at radius 1 is 1.58 bits per heavy atom. The van der Waals surface area contributed by atoms with Gasteiger partial charge in [-0.25, -0.2) is 0 Å². The minimum atomic E-state index is 0.215. The second-order valence-electron chi connectivity index (χ2n) is 5.89. The average molecular weight is 281 g/mol. The van der Waals surface area contributed by atoms with Crippen LogP contribution in [0.15, 0.2) is 6.20 Å². The molecule has 4 nitrogen and oxygen atoms in total. The van der Waals surface area contributed by atoms with Crippen molar-refractivity contribution in [2.24, 2.45) is 5.92 Å². The lowest BCUT2D eigenvalue weighted by atomic mass is 9.70. The quantitative estimate of drug-likeness (QED) is 0.901. The van der Waals surface area contributed by atoms with E-state index < -0.39 is 0 Å². The summed E-state index contributed by atoms with van der Waals surface area (Å²) in [6.45, 7) is 4.19. The van der Waals surface area contributed by atoms with Crippen molar-refractivity contribution in [1.29, 1.82) is 0 Å². The maximum Gasteiger partial charge on any atom is 0.0686 e. The van der Waals surface area contributed by atoms with Crippen LogP contribution in [0.3, 0.4) is 0 Å². The van der Waals surface area contributed by atoms with Gasteiger partial charge in [0.25, 0.3) is 0 Å². The van der Waals surface area contributed by atoms with Gasteiger partial charge in [-0.1, -0.05) is 11.4 Å². The highest BCUT2D eigenvalue weighted by Crippen LogP contribution is 2.47. The highest BCUT2D eigenvalue weighted by atomic mass is 32.1. The topological polar surface area (TPSA) is 47.0 Å². The number of hydrogen-bond acceptors (Lipinski definition) is 5. The number of rotatable bonds is 5. The lowest BCUT2D eigenvalue weighted by Crippen LogP contribution is -2.48. The lowest BCUT2D eigenvalue weighted by molar-refractivity contribution is -0.147.